The van der Waals surface area contributed by atoms with Gasteiger partial charge in [-0.1, -0.05) is 6.07 Å². The van der Waals surface area contributed by atoms with E-state index in [4.69, 9.17) is 14.3 Å². The average molecular weight is 269 g/mol. The van der Waals surface area contributed by atoms with Crippen molar-refractivity contribution in [1.29, 1.82) is 0 Å². The Balaban J connectivity index is 2.10. The number of ether oxygens (including phenoxy) is 1. The smallest absolute Gasteiger partial charge is 0.335 e. The van der Waals surface area contributed by atoms with Crippen LogP contribution in [0.5, 0.6) is 5.75 Å². The Morgan fingerprint density at radius 1 is 1.25 bits per heavy atom. The molecule has 3 aromatic rings. The summed E-state index contributed by atoms with van der Waals surface area (Å²) < 4.78 is 10.8. The second-order valence-electron chi connectivity index (χ2n) is 4.24. The highest BCUT2D eigenvalue weighted by Gasteiger charge is 2.11. The van der Waals surface area contributed by atoms with Gasteiger partial charge in [-0.25, -0.2) is 9.78 Å². The molecule has 0 amide bonds. The van der Waals surface area contributed by atoms with E-state index in [1.165, 1.54) is 12.1 Å². The molecule has 0 aliphatic carbocycles. The van der Waals surface area contributed by atoms with E-state index in [9.17, 15) is 4.79 Å². The molecule has 0 radical (unpaired) electrons. The number of aromatic nitrogens is 1. The zero-order valence-corrected chi connectivity index (χ0v) is 10.7. The topological polar surface area (TPSA) is 72.6 Å². The molecule has 0 aliphatic rings. The normalized spacial score (nSPS) is 10.7. The Kier molecular flexibility index (Phi) is 2.87. The van der Waals surface area contributed by atoms with Crippen LogP contribution < -0.4 is 4.74 Å². The number of rotatable bonds is 3. The van der Waals surface area contributed by atoms with Crippen LogP contribution in [0.4, 0.5) is 0 Å². The highest BCUT2D eigenvalue weighted by atomic mass is 16.5. The van der Waals surface area contributed by atoms with E-state index in [0.29, 0.717) is 28.3 Å². The average Bonchev–Trinajstić information content (AvgIpc) is 2.90. The highest BCUT2D eigenvalue weighted by Crippen LogP contribution is 2.27. The molecule has 1 aromatic heterocycles. The number of carbonyl (C=O) groups is 1. The lowest BCUT2D eigenvalue weighted by atomic mass is 10.1. The van der Waals surface area contributed by atoms with E-state index < -0.39 is 5.97 Å². The van der Waals surface area contributed by atoms with Gasteiger partial charge in [0.15, 0.2) is 5.58 Å². The molecule has 5 nitrogen and oxygen atoms in total. The standard InChI is InChI=1S/C15H11NO4/c1-19-11-5-6-12-13(8-11)20-14(16-12)9-3-2-4-10(7-9)15(17)18/h2-8H,1H3,(H,17,18). The van der Waals surface area contributed by atoms with Crippen molar-refractivity contribution in [3.63, 3.8) is 0 Å². The molecule has 0 aliphatic heterocycles. The minimum absolute atomic E-state index is 0.197. The number of aromatic carboxylic acids is 1. The number of hydrogen-bond acceptors (Lipinski definition) is 4. The molecule has 2 aromatic carbocycles. The van der Waals surface area contributed by atoms with Gasteiger partial charge < -0.3 is 14.3 Å². The van der Waals surface area contributed by atoms with Gasteiger partial charge in [-0.15, -0.1) is 0 Å². The van der Waals surface area contributed by atoms with E-state index >= 15 is 0 Å². The van der Waals surface area contributed by atoms with Gasteiger partial charge in [0.25, 0.3) is 0 Å². The van der Waals surface area contributed by atoms with Crippen LogP contribution in [0.2, 0.25) is 0 Å². The Morgan fingerprint density at radius 3 is 2.85 bits per heavy atom. The molecule has 0 fully saturated rings. The molecule has 0 saturated heterocycles. The van der Waals surface area contributed by atoms with Crippen molar-refractivity contribution >= 4 is 17.1 Å². The van der Waals surface area contributed by atoms with E-state index in [0.717, 1.165) is 0 Å². The van der Waals surface area contributed by atoms with Crippen molar-refractivity contribution in [2.24, 2.45) is 0 Å². The van der Waals surface area contributed by atoms with Gasteiger partial charge in [0.2, 0.25) is 5.89 Å². The summed E-state index contributed by atoms with van der Waals surface area (Å²) in [5.41, 5.74) is 2.11. The lowest BCUT2D eigenvalue weighted by molar-refractivity contribution is 0.0697. The molecule has 0 saturated carbocycles. The van der Waals surface area contributed by atoms with Crippen molar-refractivity contribution in [2.45, 2.75) is 0 Å². The van der Waals surface area contributed by atoms with Gasteiger partial charge in [-0.05, 0) is 30.3 Å². The van der Waals surface area contributed by atoms with Crippen LogP contribution in [0.25, 0.3) is 22.6 Å². The number of nitrogens with zero attached hydrogens (tertiary/aromatic N) is 1. The molecule has 5 heteroatoms. The van der Waals surface area contributed by atoms with E-state index in [1.807, 2.05) is 0 Å². The molecule has 1 N–H and O–H groups in total. The molecule has 0 unspecified atom stereocenters. The van der Waals surface area contributed by atoms with Gasteiger partial charge in [0.05, 0.1) is 12.7 Å². The van der Waals surface area contributed by atoms with Crippen LogP contribution >= 0.6 is 0 Å². The fourth-order valence-electron chi connectivity index (χ4n) is 1.94. The van der Waals surface area contributed by atoms with Crippen LogP contribution in [0, 0.1) is 0 Å². The summed E-state index contributed by atoms with van der Waals surface area (Å²) >= 11 is 0. The Labute approximate surface area is 114 Å². The van der Waals surface area contributed by atoms with Crippen molar-refractivity contribution in [2.75, 3.05) is 7.11 Å². The fourth-order valence-corrected chi connectivity index (χ4v) is 1.94. The first-order valence-corrected chi connectivity index (χ1v) is 5.95. The van der Waals surface area contributed by atoms with Gasteiger partial charge in [-0.2, -0.15) is 0 Å². The third-order valence-corrected chi connectivity index (χ3v) is 2.95. The second kappa shape index (κ2) is 4.70. The van der Waals surface area contributed by atoms with Crippen LogP contribution in [0.3, 0.4) is 0 Å². The molecule has 0 bridgehead atoms. The summed E-state index contributed by atoms with van der Waals surface area (Å²) in [6.45, 7) is 0. The lowest BCUT2D eigenvalue weighted by Gasteiger charge is -1.97. The van der Waals surface area contributed by atoms with Crippen LogP contribution in [-0.2, 0) is 0 Å². The van der Waals surface area contributed by atoms with Crippen LogP contribution in [0.15, 0.2) is 46.9 Å². The fraction of sp³-hybridized carbons (Fsp3) is 0.0667. The number of methoxy groups -OCH3 is 1. The van der Waals surface area contributed by atoms with E-state index in [-0.39, 0.29) is 5.56 Å². The maximum absolute atomic E-state index is 11.0. The number of carboxylic acids is 1. The highest BCUT2D eigenvalue weighted by molar-refractivity contribution is 5.89. The zero-order chi connectivity index (χ0) is 14.1. The molecule has 0 spiro atoms. The second-order valence-corrected chi connectivity index (χ2v) is 4.24. The third kappa shape index (κ3) is 2.09. The number of oxazole rings is 1. The molecular weight excluding hydrogens is 258 g/mol. The zero-order valence-electron chi connectivity index (χ0n) is 10.7. The molecule has 3 rings (SSSR count). The summed E-state index contributed by atoms with van der Waals surface area (Å²) in [4.78, 5) is 15.3. The minimum atomic E-state index is -0.982. The first-order chi connectivity index (χ1) is 9.67. The largest absolute Gasteiger partial charge is 0.497 e. The van der Waals surface area contributed by atoms with Crippen molar-refractivity contribution in [1.82, 2.24) is 4.98 Å². The number of benzene rings is 2. The van der Waals surface area contributed by atoms with Crippen LogP contribution in [0.1, 0.15) is 10.4 Å². The van der Waals surface area contributed by atoms with E-state index in [2.05, 4.69) is 4.98 Å². The van der Waals surface area contributed by atoms with Gasteiger partial charge in [0, 0.05) is 11.6 Å². The summed E-state index contributed by atoms with van der Waals surface area (Å²) in [7, 11) is 1.58. The number of fused-ring (bicyclic) bond motifs is 1. The maximum atomic E-state index is 11.0. The predicted molar refractivity (Wildman–Crippen MR) is 73.0 cm³/mol. The predicted octanol–water partition coefficient (Wildman–Crippen LogP) is 3.20. The first-order valence-electron chi connectivity index (χ1n) is 5.95. The lowest BCUT2D eigenvalue weighted by Crippen LogP contribution is -1.95. The van der Waals surface area contributed by atoms with Crippen LogP contribution in [-0.4, -0.2) is 23.2 Å². The number of carboxylic acid groups (broad SMARTS) is 1. The summed E-state index contributed by atoms with van der Waals surface area (Å²) in [6, 6.07) is 11.8. The van der Waals surface area contributed by atoms with Gasteiger partial charge in [0.1, 0.15) is 11.3 Å². The third-order valence-electron chi connectivity index (χ3n) is 2.95. The monoisotopic (exact) mass is 269 g/mol. The molecule has 1 heterocycles. The van der Waals surface area contributed by atoms with Gasteiger partial charge in [-0.3, -0.25) is 0 Å². The summed E-state index contributed by atoms with van der Waals surface area (Å²) in [6.07, 6.45) is 0. The molecule has 20 heavy (non-hydrogen) atoms. The van der Waals surface area contributed by atoms with Crippen molar-refractivity contribution in [3.8, 4) is 17.2 Å². The molecular formula is C15H11NO4. The minimum Gasteiger partial charge on any atom is -0.497 e. The maximum Gasteiger partial charge on any atom is 0.335 e. The Morgan fingerprint density at radius 2 is 2.10 bits per heavy atom. The first kappa shape index (κ1) is 12.2. The quantitative estimate of drug-likeness (QED) is 0.790. The SMILES string of the molecule is COc1ccc2nc(-c3cccc(C(=O)O)c3)oc2c1. The Hall–Kier alpha value is -2.82. The molecule has 0 atom stereocenters. The van der Waals surface area contributed by atoms with Gasteiger partial charge >= 0.3 is 5.97 Å². The summed E-state index contributed by atoms with van der Waals surface area (Å²) in [5, 5.41) is 9.00. The summed E-state index contributed by atoms with van der Waals surface area (Å²) in [5.74, 6) is 0.0838. The Bertz CT molecular complexity index is 791. The van der Waals surface area contributed by atoms with Crippen molar-refractivity contribution < 1.29 is 19.1 Å². The van der Waals surface area contributed by atoms with Crippen molar-refractivity contribution in [3.05, 3.63) is 48.0 Å². The van der Waals surface area contributed by atoms with E-state index in [1.54, 1.807) is 37.4 Å². The number of hydrogen-bond donors (Lipinski definition) is 1. The molecule has 100 valence electrons.